The van der Waals surface area contributed by atoms with Crippen molar-refractivity contribution in [1.29, 1.82) is 0 Å². The summed E-state index contributed by atoms with van der Waals surface area (Å²) in [4.78, 5) is 27.2. The Morgan fingerprint density at radius 3 is 2.13 bits per heavy atom. The minimum Gasteiger partial charge on any atom is -0.507 e. The van der Waals surface area contributed by atoms with Gasteiger partial charge >= 0.3 is 0 Å². The van der Waals surface area contributed by atoms with Crippen LogP contribution in [0.1, 0.15) is 22.7 Å². The quantitative estimate of drug-likeness (QED) is 0.349. The first-order valence-corrected chi connectivity index (χ1v) is 9.63. The molecule has 1 saturated heterocycles. The lowest BCUT2D eigenvalue weighted by Crippen LogP contribution is -2.29. The molecule has 1 N–H and O–H groups in total. The molecule has 3 aromatic carbocycles. The second-order valence-electron chi connectivity index (χ2n) is 7.06. The highest BCUT2D eigenvalue weighted by Gasteiger charge is 2.46. The third kappa shape index (κ3) is 3.48. The van der Waals surface area contributed by atoms with Crippen LogP contribution in [0, 0.1) is 12.7 Å². The van der Waals surface area contributed by atoms with Gasteiger partial charge in [-0.3, -0.25) is 14.5 Å². The zero-order chi connectivity index (χ0) is 21.4. The minimum absolute atomic E-state index is 0.0319. The number of anilines is 1. The van der Waals surface area contributed by atoms with Crippen molar-refractivity contribution in [2.24, 2.45) is 0 Å². The van der Waals surface area contributed by atoms with E-state index in [1.54, 1.807) is 36.4 Å². The fourth-order valence-electron chi connectivity index (χ4n) is 3.53. The lowest BCUT2D eigenvalue weighted by Gasteiger charge is -2.25. The largest absolute Gasteiger partial charge is 0.507 e. The Morgan fingerprint density at radius 1 is 0.933 bits per heavy atom. The molecule has 0 radical (unpaired) electrons. The van der Waals surface area contributed by atoms with Crippen molar-refractivity contribution < 1.29 is 19.1 Å². The molecule has 0 aromatic heterocycles. The van der Waals surface area contributed by atoms with Crippen LogP contribution in [0.3, 0.4) is 0 Å². The maximum Gasteiger partial charge on any atom is 0.300 e. The molecular weight excluding hydrogens is 405 g/mol. The Kier molecular flexibility index (Phi) is 5.14. The molecule has 150 valence electrons. The average molecular weight is 422 g/mol. The monoisotopic (exact) mass is 421 g/mol. The number of carbonyl (C=O) groups is 2. The van der Waals surface area contributed by atoms with Gasteiger partial charge in [0.25, 0.3) is 11.7 Å². The fraction of sp³-hybridized carbons (Fsp3) is 0.0833. The smallest absolute Gasteiger partial charge is 0.300 e. The van der Waals surface area contributed by atoms with Crippen molar-refractivity contribution in [1.82, 2.24) is 0 Å². The normalized spacial score (nSPS) is 18.1. The van der Waals surface area contributed by atoms with E-state index in [9.17, 15) is 19.1 Å². The summed E-state index contributed by atoms with van der Waals surface area (Å²) in [6, 6.07) is 18.1. The van der Waals surface area contributed by atoms with Crippen LogP contribution in [0.2, 0.25) is 5.02 Å². The van der Waals surface area contributed by atoms with Gasteiger partial charge in [-0.2, -0.15) is 0 Å². The number of nitrogens with zero attached hydrogens (tertiary/aromatic N) is 1. The van der Waals surface area contributed by atoms with Crippen molar-refractivity contribution in [3.8, 4) is 0 Å². The Balaban J connectivity index is 1.93. The van der Waals surface area contributed by atoms with Crippen LogP contribution in [0.15, 0.2) is 78.4 Å². The van der Waals surface area contributed by atoms with E-state index in [4.69, 9.17) is 11.6 Å². The molecule has 1 fully saturated rings. The van der Waals surface area contributed by atoms with Gasteiger partial charge < -0.3 is 5.11 Å². The van der Waals surface area contributed by atoms with E-state index in [1.165, 1.54) is 29.2 Å². The highest BCUT2D eigenvalue weighted by atomic mass is 35.5. The van der Waals surface area contributed by atoms with Crippen molar-refractivity contribution in [2.75, 3.05) is 4.90 Å². The zero-order valence-electron chi connectivity index (χ0n) is 16.0. The summed E-state index contributed by atoms with van der Waals surface area (Å²) < 4.78 is 13.4. The van der Waals surface area contributed by atoms with Crippen LogP contribution in [0.25, 0.3) is 5.76 Å². The Hall–Kier alpha value is -3.44. The number of ketones is 1. The molecule has 0 aliphatic carbocycles. The number of benzene rings is 3. The van der Waals surface area contributed by atoms with Crippen molar-refractivity contribution in [3.63, 3.8) is 0 Å². The van der Waals surface area contributed by atoms with E-state index in [0.29, 0.717) is 21.8 Å². The first-order valence-electron chi connectivity index (χ1n) is 9.26. The summed E-state index contributed by atoms with van der Waals surface area (Å²) in [7, 11) is 0. The van der Waals surface area contributed by atoms with E-state index < -0.39 is 23.5 Å². The number of aliphatic hydroxyl groups is 1. The number of aryl methyl sites for hydroxylation is 1. The molecule has 3 aromatic rings. The fourth-order valence-corrected chi connectivity index (χ4v) is 3.65. The van der Waals surface area contributed by atoms with E-state index in [-0.39, 0.29) is 11.3 Å². The second-order valence-corrected chi connectivity index (χ2v) is 7.50. The van der Waals surface area contributed by atoms with Gasteiger partial charge in [-0.25, -0.2) is 4.39 Å². The van der Waals surface area contributed by atoms with Crippen molar-refractivity contribution in [2.45, 2.75) is 13.0 Å². The Labute approximate surface area is 177 Å². The topological polar surface area (TPSA) is 57.6 Å². The van der Waals surface area contributed by atoms with E-state index in [2.05, 4.69) is 0 Å². The van der Waals surface area contributed by atoms with Crippen LogP contribution in [0.5, 0.6) is 0 Å². The number of rotatable bonds is 3. The molecule has 0 saturated carbocycles. The van der Waals surface area contributed by atoms with Gasteiger partial charge in [-0.1, -0.05) is 41.4 Å². The predicted molar refractivity (Wildman–Crippen MR) is 114 cm³/mol. The Bertz CT molecular complexity index is 1150. The summed E-state index contributed by atoms with van der Waals surface area (Å²) in [5.74, 6) is -2.34. The molecule has 30 heavy (non-hydrogen) atoms. The number of amides is 1. The molecule has 0 bridgehead atoms. The van der Waals surface area contributed by atoms with Crippen molar-refractivity contribution >= 4 is 34.7 Å². The Morgan fingerprint density at radius 2 is 1.53 bits per heavy atom. The van der Waals surface area contributed by atoms with Gasteiger partial charge in [0.2, 0.25) is 0 Å². The number of carbonyl (C=O) groups excluding carboxylic acids is 2. The molecular formula is C24H17ClFNO3. The van der Waals surface area contributed by atoms with Crippen LogP contribution in [0.4, 0.5) is 10.1 Å². The van der Waals surface area contributed by atoms with Gasteiger partial charge in [0, 0.05) is 16.3 Å². The second kappa shape index (κ2) is 7.76. The highest BCUT2D eigenvalue weighted by Crippen LogP contribution is 2.42. The summed E-state index contributed by atoms with van der Waals surface area (Å²) in [6.07, 6.45) is 0. The molecule has 4 nitrogen and oxygen atoms in total. The minimum atomic E-state index is -0.855. The highest BCUT2D eigenvalue weighted by molar-refractivity contribution is 6.51. The van der Waals surface area contributed by atoms with E-state index in [0.717, 1.165) is 5.56 Å². The predicted octanol–water partition coefficient (Wildman–Crippen LogP) is 5.41. The molecule has 4 rings (SSSR count). The molecule has 1 aliphatic rings. The molecule has 1 aliphatic heterocycles. The van der Waals surface area contributed by atoms with Crippen LogP contribution in [-0.2, 0) is 9.59 Å². The third-order valence-electron chi connectivity index (χ3n) is 5.06. The van der Waals surface area contributed by atoms with Gasteiger partial charge in [0.05, 0.1) is 11.6 Å². The zero-order valence-corrected chi connectivity index (χ0v) is 16.7. The SMILES string of the molecule is Cc1ccc(C2/C(=C(\O)c3ccc(Cl)cc3)C(=O)C(=O)N2c2ccc(F)cc2)cc1. The van der Waals surface area contributed by atoms with Gasteiger partial charge in [-0.15, -0.1) is 0 Å². The molecule has 1 heterocycles. The lowest BCUT2D eigenvalue weighted by molar-refractivity contribution is -0.132. The van der Waals surface area contributed by atoms with E-state index in [1.807, 2.05) is 19.1 Å². The van der Waals surface area contributed by atoms with Crippen LogP contribution < -0.4 is 4.90 Å². The number of halogens is 2. The first kappa shape index (κ1) is 19.9. The molecule has 0 spiro atoms. The summed E-state index contributed by atoms with van der Waals surface area (Å²) in [6.45, 7) is 1.93. The molecule has 1 atom stereocenters. The lowest BCUT2D eigenvalue weighted by atomic mass is 9.94. The molecule has 6 heteroatoms. The number of hydrogen-bond donors (Lipinski definition) is 1. The maximum absolute atomic E-state index is 13.4. The average Bonchev–Trinajstić information content (AvgIpc) is 3.00. The maximum atomic E-state index is 13.4. The first-order chi connectivity index (χ1) is 14.4. The standard InChI is InChI=1S/C24H17ClFNO3/c1-14-2-4-15(5-3-14)21-20(22(28)16-6-8-17(25)9-7-16)23(29)24(30)27(21)19-12-10-18(26)11-13-19/h2-13,21,28H,1H3/b22-20+. The van der Waals surface area contributed by atoms with Gasteiger partial charge in [0.15, 0.2) is 0 Å². The van der Waals surface area contributed by atoms with Crippen LogP contribution in [-0.4, -0.2) is 16.8 Å². The van der Waals surface area contributed by atoms with Gasteiger partial charge in [-0.05, 0) is 61.0 Å². The van der Waals surface area contributed by atoms with Gasteiger partial charge in [0.1, 0.15) is 11.6 Å². The molecule has 1 amide bonds. The number of aliphatic hydroxyl groups excluding tert-OH is 1. The molecule has 1 unspecified atom stereocenters. The summed E-state index contributed by atoms with van der Waals surface area (Å²) in [5, 5.41) is 11.5. The third-order valence-corrected chi connectivity index (χ3v) is 5.31. The summed E-state index contributed by atoms with van der Waals surface area (Å²) in [5.41, 5.74) is 2.36. The van der Waals surface area contributed by atoms with Crippen molar-refractivity contribution in [3.05, 3.63) is 106 Å². The number of Topliss-reactive ketones (excluding diaryl/α,β-unsaturated/α-hetero) is 1. The number of hydrogen-bond acceptors (Lipinski definition) is 3. The van der Waals surface area contributed by atoms with Crippen LogP contribution >= 0.6 is 11.6 Å². The summed E-state index contributed by atoms with van der Waals surface area (Å²) >= 11 is 5.93. The van der Waals surface area contributed by atoms with E-state index >= 15 is 0 Å².